The molecule has 0 spiro atoms. The monoisotopic (exact) mass is 605 g/mol. The lowest BCUT2D eigenvalue weighted by molar-refractivity contribution is -0.00542. The second-order valence-electron chi connectivity index (χ2n) is 12.3. The molecule has 2 aromatic carbocycles. The molecule has 1 N–H and O–H groups in total. The van der Waals surface area contributed by atoms with E-state index in [1.165, 1.54) is 36.5 Å². The Hall–Kier alpha value is -3.96. The average molecular weight is 606 g/mol. The zero-order valence-corrected chi connectivity index (χ0v) is 24.7. The van der Waals surface area contributed by atoms with E-state index < -0.39 is 23.3 Å². The zero-order chi connectivity index (χ0) is 30.7. The van der Waals surface area contributed by atoms with Crippen LogP contribution in [0.1, 0.15) is 38.7 Å². The van der Waals surface area contributed by atoms with Crippen LogP contribution in [-0.2, 0) is 4.74 Å². The van der Waals surface area contributed by atoms with Crippen molar-refractivity contribution < 1.29 is 27.8 Å². The number of fused-ring (bicyclic) bond motifs is 3. The molecule has 3 fully saturated rings. The van der Waals surface area contributed by atoms with E-state index in [-0.39, 0.29) is 52.9 Å². The maximum Gasteiger partial charge on any atom is 0.319 e. The van der Waals surface area contributed by atoms with Crippen molar-refractivity contribution in [2.75, 3.05) is 37.7 Å². The van der Waals surface area contributed by atoms with Crippen LogP contribution in [0.5, 0.6) is 11.8 Å². The fraction of sp³-hybridized carbons (Fsp3) is 0.424. The summed E-state index contributed by atoms with van der Waals surface area (Å²) >= 11 is 0. The molecule has 2 aromatic heterocycles. The molecule has 44 heavy (non-hydrogen) atoms. The Labute approximate surface area is 253 Å². The van der Waals surface area contributed by atoms with Crippen molar-refractivity contribution >= 4 is 33.6 Å². The summed E-state index contributed by atoms with van der Waals surface area (Å²) in [5, 5.41) is 11.8. The minimum absolute atomic E-state index is 0.0162. The zero-order valence-electron chi connectivity index (χ0n) is 24.7. The lowest BCUT2D eigenvalue weighted by Gasteiger charge is -2.36. The van der Waals surface area contributed by atoms with Crippen molar-refractivity contribution in [2.45, 2.75) is 57.0 Å². The molecule has 0 aliphatic carbocycles. The van der Waals surface area contributed by atoms with Crippen LogP contribution in [0.15, 0.2) is 37.0 Å². The highest BCUT2D eigenvalue weighted by molar-refractivity contribution is 6.04. The average Bonchev–Trinajstić information content (AvgIpc) is 3.51. The van der Waals surface area contributed by atoms with E-state index in [4.69, 9.17) is 14.5 Å². The molecule has 0 amide bonds. The number of hydrogen-bond donors (Lipinski definition) is 1. The molecule has 4 atom stereocenters. The number of halogens is 3. The van der Waals surface area contributed by atoms with Crippen LogP contribution in [0.4, 0.5) is 19.0 Å². The van der Waals surface area contributed by atoms with Gasteiger partial charge in [0.15, 0.2) is 5.82 Å². The number of ether oxygens (including phenoxy) is 2. The van der Waals surface area contributed by atoms with Gasteiger partial charge in [-0.1, -0.05) is 18.7 Å². The Balaban J connectivity index is 1.38. The smallest absolute Gasteiger partial charge is 0.319 e. The summed E-state index contributed by atoms with van der Waals surface area (Å²) in [6.45, 7) is 10.1. The molecular formula is C33H34F3N5O3. The number of hydrogen-bond acceptors (Lipinski definition) is 8. The number of phenols is 1. The minimum atomic E-state index is -0.920. The van der Waals surface area contributed by atoms with E-state index in [1.54, 1.807) is 0 Å². The van der Waals surface area contributed by atoms with E-state index in [0.29, 0.717) is 48.0 Å². The maximum atomic E-state index is 16.7. The Bertz CT molecular complexity index is 1780. The van der Waals surface area contributed by atoms with Gasteiger partial charge in [-0.2, -0.15) is 9.97 Å². The molecule has 0 unspecified atom stereocenters. The summed E-state index contributed by atoms with van der Waals surface area (Å²) in [5.41, 5.74) is -0.197. The standard InChI is InChI=1S/C33H34F3N5O3/c1-4-23-26(35)7-6-20-10-22(42)11-24(27(20)23)29-28(36)30-25(13-37-29)31(40-14-18(2)44-19(3)15-40)39-32(38-30)43-17-33-8-5-9-41(33)16-21(34)12-33/h4,6-7,10-11,13,18-19,21,42H,1,5,8-9,12,14-17H2,2-3H3/t18-,19+,21-,33+/m1/s1. The van der Waals surface area contributed by atoms with Gasteiger partial charge in [0.25, 0.3) is 0 Å². The number of morpholine rings is 1. The van der Waals surface area contributed by atoms with Crippen LogP contribution in [-0.4, -0.2) is 81.7 Å². The van der Waals surface area contributed by atoms with Crippen LogP contribution in [0.2, 0.25) is 0 Å². The summed E-state index contributed by atoms with van der Waals surface area (Å²) in [4.78, 5) is 17.9. The molecule has 8 nitrogen and oxygen atoms in total. The molecule has 0 saturated carbocycles. The van der Waals surface area contributed by atoms with Crippen LogP contribution in [0.25, 0.3) is 39.0 Å². The molecule has 0 bridgehead atoms. The van der Waals surface area contributed by atoms with Gasteiger partial charge in [0.2, 0.25) is 0 Å². The van der Waals surface area contributed by atoms with Crippen LogP contribution < -0.4 is 9.64 Å². The largest absolute Gasteiger partial charge is 0.508 e. The first-order chi connectivity index (χ1) is 21.2. The topological polar surface area (TPSA) is 83.8 Å². The SMILES string of the molecule is C=Cc1c(F)ccc2cc(O)cc(-c3ncc4c(N5C[C@@H](C)O[C@@H](C)C5)nc(OC[C@@]56CCCN5C[C@H](F)C6)nc4c3F)c12. The van der Waals surface area contributed by atoms with Crippen molar-refractivity contribution in [1.29, 1.82) is 0 Å². The third-order valence-corrected chi connectivity index (χ3v) is 9.14. The van der Waals surface area contributed by atoms with Gasteiger partial charge in [-0.25, -0.2) is 13.2 Å². The Morgan fingerprint density at radius 2 is 1.95 bits per heavy atom. The molecule has 4 aromatic rings. The summed E-state index contributed by atoms with van der Waals surface area (Å²) in [6.07, 6.45) is 3.89. The van der Waals surface area contributed by atoms with Crippen LogP contribution >= 0.6 is 0 Å². The highest BCUT2D eigenvalue weighted by Gasteiger charge is 2.49. The number of aromatic nitrogens is 3. The van der Waals surface area contributed by atoms with Crippen LogP contribution in [0.3, 0.4) is 0 Å². The fourth-order valence-corrected chi connectivity index (χ4v) is 7.35. The molecule has 3 aliphatic rings. The van der Waals surface area contributed by atoms with Gasteiger partial charge >= 0.3 is 6.01 Å². The van der Waals surface area contributed by atoms with Gasteiger partial charge in [0, 0.05) is 48.8 Å². The first kappa shape index (κ1) is 28.8. The first-order valence-corrected chi connectivity index (χ1v) is 15.0. The van der Waals surface area contributed by atoms with Gasteiger partial charge in [0.05, 0.1) is 23.1 Å². The molecule has 230 valence electrons. The molecule has 7 rings (SSSR count). The number of rotatable bonds is 6. The van der Waals surface area contributed by atoms with Crippen molar-refractivity contribution in [3.63, 3.8) is 0 Å². The summed E-state index contributed by atoms with van der Waals surface area (Å²) in [6, 6.07) is 5.62. The Kier molecular flexibility index (Phi) is 7.12. The Morgan fingerprint density at radius 1 is 1.16 bits per heavy atom. The van der Waals surface area contributed by atoms with E-state index in [1.807, 2.05) is 18.7 Å². The number of nitrogens with zero attached hydrogens (tertiary/aromatic N) is 5. The highest BCUT2D eigenvalue weighted by Crippen LogP contribution is 2.42. The number of aromatic hydroxyl groups is 1. The lowest BCUT2D eigenvalue weighted by Crippen LogP contribution is -2.46. The van der Waals surface area contributed by atoms with Gasteiger partial charge < -0.3 is 19.5 Å². The second-order valence-corrected chi connectivity index (χ2v) is 12.3. The number of anilines is 1. The van der Waals surface area contributed by atoms with Crippen LogP contribution in [0, 0.1) is 11.6 Å². The molecule has 3 saturated heterocycles. The summed E-state index contributed by atoms with van der Waals surface area (Å²) in [7, 11) is 0. The van der Waals surface area contributed by atoms with Gasteiger partial charge in [-0.3, -0.25) is 9.88 Å². The normalized spacial score (nSPS) is 25.6. The number of alkyl halides is 1. The summed E-state index contributed by atoms with van der Waals surface area (Å²) in [5.74, 6) is -0.956. The van der Waals surface area contributed by atoms with E-state index in [9.17, 15) is 13.9 Å². The summed E-state index contributed by atoms with van der Waals surface area (Å²) < 4.78 is 58.1. The number of pyridine rings is 1. The molecule has 0 radical (unpaired) electrons. The van der Waals surface area contributed by atoms with Crippen molar-refractivity contribution in [3.05, 3.63) is 54.2 Å². The van der Waals surface area contributed by atoms with E-state index in [0.717, 1.165) is 19.4 Å². The number of phenolic OH excluding ortho intramolecular Hbond substituents is 1. The van der Waals surface area contributed by atoms with Gasteiger partial charge in [0.1, 0.15) is 41.4 Å². The third-order valence-electron chi connectivity index (χ3n) is 9.14. The molecule has 5 heterocycles. The first-order valence-electron chi connectivity index (χ1n) is 15.0. The quantitative estimate of drug-likeness (QED) is 0.285. The predicted molar refractivity (Wildman–Crippen MR) is 163 cm³/mol. The van der Waals surface area contributed by atoms with E-state index >= 15 is 4.39 Å². The maximum absolute atomic E-state index is 16.7. The van der Waals surface area contributed by atoms with Crippen molar-refractivity contribution in [1.82, 2.24) is 19.9 Å². The molecular weight excluding hydrogens is 571 g/mol. The predicted octanol–water partition coefficient (Wildman–Crippen LogP) is 6.04. The minimum Gasteiger partial charge on any atom is -0.508 e. The van der Waals surface area contributed by atoms with Gasteiger partial charge in [-0.05, 0) is 56.8 Å². The van der Waals surface area contributed by atoms with Gasteiger partial charge in [-0.15, -0.1) is 0 Å². The Morgan fingerprint density at radius 3 is 2.73 bits per heavy atom. The van der Waals surface area contributed by atoms with Crippen molar-refractivity contribution in [3.8, 4) is 23.0 Å². The van der Waals surface area contributed by atoms with E-state index in [2.05, 4.69) is 21.4 Å². The van der Waals surface area contributed by atoms with Crippen molar-refractivity contribution in [2.24, 2.45) is 0 Å². The molecule has 3 aliphatic heterocycles. The fourth-order valence-electron chi connectivity index (χ4n) is 7.35. The lowest BCUT2D eigenvalue weighted by atomic mass is 9.95. The highest BCUT2D eigenvalue weighted by atomic mass is 19.1. The number of benzene rings is 2. The third kappa shape index (κ3) is 4.82. The second kappa shape index (κ2) is 10.9. The molecule has 11 heteroatoms.